The second-order valence-corrected chi connectivity index (χ2v) is 9.67. The zero-order chi connectivity index (χ0) is 28.2. The number of unbranched alkanes of at least 4 members (excludes halogenated alkanes) is 1. The molecule has 1 saturated carbocycles. The van der Waals surface area contributed by atoms with E-state index in [4.69, 9.17) is 15.1 Å². The van der Waals surface area contributed by atoms with Gasteiger partial charge in [0.1, 0.15) is 5.82 Å². The van der Waals surface area contributed by atoms with Gasteiger partial charge >= 0.3 is 5.97 Å². The largest absolute Gasteiger partial charge is 0.481 e. The molecule has 3 aromatic rings. The van der Waals surface area contributed by atoms with Crippen molar-refractivity contribution in [3.63, 3.8) is 0 Å². The first-order chi connectivity index (χ1) is 18.4. The maximum Gasteiger partial charge on any atom is 0.303 e. The van der Waals surface area contributed by atoms with Crippen LogP contribution in [0.1, 0.15) is 88.4 Å². The first-order valence-corrected chi connectivity index (χ1v) is 14.2. The fraction of sp³-hybridized carbons (Fsp3) is 0.531. The van der Waals surface area contributed by atoms with Gasteiger partial charge in [-0.15, -0.1) is 0 Å². The summed E-state index contributed by atoms with van der Waals surface area (Å²) in [5.41, 5.74) is 4.85. The van der Waals surface area contributed by atoms with E-state index in [1.165, 1.54) is 55.0 Å². The third-order valence-corrected chi connectivity index (χ3v) is 6.26. The van der Waals surface area contributed by atoms with Crippen LogP contribution in [0.4, 0.5) is 0 Å². The molecule has 1 aliphatic carbocycles. The molecule has 0 amide bonds. The van der Waals surface area contributed by atoms with E-state index >= 15 is 0 Å². The highest BCUT2D eigenvalue weighted by atomic mass is 16.4. The van der Waals surface area contributed by atoms with Crippen LogP contribution >= 0.6 is 0 Å². The highest BCUT2D eigenvalue weighted by Crippen LogP contribution is 2.17. The van der Waals surface area contributed by atoms with Crippen molar-refractivity contribution in [1.29, 1.82) is 0 Å². The fourth-order valence-electron chi connectivity index (χ4n) is 3.51. The van der Waals surface area contributed by atoms with Crippen molar-refractivity contribution < 1.29 is 9.90 Å². The number of carbonyl (C=O) groups is 1. The number of carboxylic acids is 1. The molecule has 210 valence electrons. The molecule has 1 aromatic heterocycles. The number of hydrogen-bond donors (Lipinski definition) is 2. The van der Waals surface area contributed by atoms with E-state index in [9.17, 15) is 4.79 Å². The average molecular weight is 523 g/mol. The molecule has 0 bridgehead atoms. The number of hydrogen-bond acceptors (Lipinski definition) is 5. The first-order valence-electron chi connectivity index (χ1n) is 14.2. The van der Waals surface area contributed by atoms with Crippen LogP contribution in [0.25, 0.3) is 10.9 Å². The standard InChI is InChI=1S/C20H23N3.C5H13N.C4H8.C3H6O2/c1-4-18-17-11-7-8-12-19(17)22-20(21-18)14-23(3)13-16-10-6-5-9-15(16)2;1-3-4-5-6-2;1-2-4-3-1;1-2-3(4)5/h5-12H,4,13-14H2,1-3H3;6H,3-5H2,1-2H3;1-4H2;2H2,1H3,(H,4,5). The van der Waals surface area contributed by atoms with Crippen molar-refractivity contribution in [2.45, 2.75) is 92.2 Å². The highest BCUT2D eigenvalue weighted by Gasteiger charge is 2.09. The summed E-state index contributed by atoms with van der Waals surface area (Å²) >= 11 is 0. The second-order valence-electron chi connectivity index (χ2n) is 9.67. The van der Waals surface area contributed by atoms with Crippen molar-refractivity contribution in [3.8, 4) is 0 Å². The Hall–Kier alpha value is -2.83. The smallest absolute Gasteiger partial charge is 0.303 e. The lowest BCUT2D eigenvalue weighted by molar-refractivity contribution is -0.136. The molecule has 0 saturated heterocycles. The summed E-state index contributed by atoms with van der Waals surface area (Å²) in [4.78, 5) is 21.1. The molecular weight excluding hydrogens is 472 g/mol. The number of rotatable bonds is 9. The lowest BCUT2D eigenvalue weighted by atomic mass is 10.0. The van der Waals surface area contributed by atoms with Gasteiger partial charge in [-0.05, 0) is 57.6 Å². The van der Waals surface area contributed by atoms with Gasteiger partial charge in [-0.1, -0.05) is 95.3 Å². The van der Waals surface area contributed by atoms with Crippen LogP contribution in [0, 0.1) is 6.92 Å². The maximum atomic E-state index is 9.37. The number of nitrogens with zero attached hydrogens (tertiary/aromatic N) is 3. The van der Waals surface area contributed by atoms with Crippen molar-refractivity contribution in [1.82, 2.24) is 20.2 Å². The molecule has 1 aliphatic rings. The molecule has 1 fully saturated rings. The molecule has 38 heavy (non-hydrogen) atoms. The number of aryl methyl sites for hydroxylation is 2. The normalized spacial score (nSPS) is 11.8. The Morgan fingerprint density at radius 2 is 1.55 bits per heavy atom. The van der Waals surface area contributed by atoms with Gasteiger partial charge in [0.15, 0.2) is 0 Å². The van der Waals surface area contributed by atoms with Crippen LogP contribution in [0.2, 0.25) is 0 Å². The summed E-state index contributed by atoms with van der Waals surface area (Å²) in [6.45, 7) is 10.9. The van der Waals surface area contributed by atoms with Crippen molar-refractivity contribution in [2.24, 2.45) is 0 Å². The predicted octanol–water partition coefficient (Wildman–Crippen LogP) is 7.18. The molecule has 0 spiro atoms. The molecule has 0 atom stereocenters. The first kappa shape index (κ1) is 33.2. The van der Waals surface area contributed by atoms with Gasteiger partial charge in [0.05, 0.1) is 17.8 Å². The van der Waals surface area contributed by atoms with E-state index in [1.54, 1.807) is 6.92 Å². The minimum atomic E-state index is -0.745. The van der Waals surface area contributed by atoms with Crippen LogP contribution in [0.15, 0.2) is 48.5 Å². The zero-order valence-electron chi connectivity index (χ0n) is 24.6. The molecular formula is C32H50N4O2. The Bertz CT molecular complexity index is 1040. The van der Waals surface area contributed by atoms with Gasteiger partial charge in [-0.25, -0.2) is 9.97 Å². The van der Waals surface area contributed by atoms with Crippen LogP contribution < -0.4 is 5.32 Å². The predicted molar refractivity (Wildman–Crippen MR) is 160 cm³/mol. The summed E-state index contributed by atoms with van der Waals surface area (Å²) in [7, 11) is 4.10. The molecule has 0 unspecified atom stereocenters. The van der Waals surface area contributed by atoms with Gasteiger partial charge in [-0.2, -0.15) is 0 Å². The minimum Gasteiger partial charge on any atom is -0.481 e. The third kappa shape index (κ3) is 13.6. The van der Waals surface area contributed by atoms with E-state index < -0.39 is 5.97 Å². The number of nitrogens with one attached hydrogen (secondary N) is 1. The maximum absolute atomic E-state index is 9.37. The van der Waals surface area contributed by atoms with E-state index in [0.717, 1.165) is 43.1 Å². The second kappa shape index (κ2) is 20.2. The summed E-state index contributed by atoms with van der Waals surface area (Å²) in [5, 5.41) is 12.0. The van der Waals surface area contributed by atoms with Crippen LogP contribution in [-0.2, 0) is 24.3 Å². The lowest BCUT2D eigenvalue weighted by Crippen LogP contribution is -2.20. The molecule has 0 aliphatic heterocycles. The van der Waals surface area contributed by atoms with Crippen LogP contribution in [0.5, 0.6) is 0 Å². The quantitative estimate of drug-likeness (QED) is 0.290. The Labute approximate surface area is 230 Å². The Kier molecular flexibility index (Phi) is 17.6. The SMILES string of the molecule is C1CCC1.CCC(=O)O.CCCCNC.CCc1nc(CN(C)Cc2ccccc2C)nc2ccccc12. The topological polar surface area (TPSA) is 78.3 Å². The van der Waals surface area contributed by atoms with E-state index in [-0.39, 0.29) is 6.42 Å². The van der Waals surface area contributed by atoms with E-state index in [0.29, 0.717) is 0 Å². The van der Waals surface area contributed by atoms with Gasteiger partial charge < -0.3 is 10.4 Å². The molecule has 1 heterocycles. The number of benzene rings is 2. The number of carboxylic acid groups (broad SMARTS) is 1. The Morgan fingerprint density at radius 1 is 0.947 bits per heavy atom. The van der Waals surface area contributed by atoms with Crippen molar-refractivity contribution in [2.75, 3.05) is 20.6 Å². The molecule has 6 nitrogen and oxygen atoms in total. The summed E-state index contributed by atoms with van der Waals surface area (Å²) in [6, 6.07) is 16.8. The molecule has 2 aromatic carbocycles. The number of para-hydroxylation sites is 1. The molecule has 4 rings (SSSR count). The van der Waals surface area contributed by atoms with E-state index in [2.05, 4.69) is 80.5 Å². The molecule has 6 heteroatoms. The lowest BCUT2D eigenvalue weighted by Gasteiger charge is -2.18. The number of aliphatic carboxylic acids is 1. The van der Waals surface area contributed by atoms with E-state index in [1.807, 2.05) is 13.1 Å². The number of aromatic nitrogens is 2. The average Bonchev–Trinajstić information content (AvgIpc) is 2.88. The zero-order valence-corrected chi connectivity index (χ0v) is 24.6. The third-order valence-electron chi connectivity index (χ3n) is 6.26. The van der Waals surface area contributed by atoms with Gasteiger partial charge in [0.25, 0.3) is 0 Å². The van der Waals surface area contributed by atoms with Gasteiger partial charge in [0, 0.05) is 18.4 Å². The van der Waals surface area contributed by atoms with Gasteiger partial charge in [0.2, 0.25) is 0 Å². The van der Waals surface area contributed by atoms with Crippen LogP contribution in [-0.4, -0.2) is 46.6 Å². The van der Waals surface area contributed by atoms with Gasteiger partial charge in [-0.3, -0.25) is 9.69 Å². The number of fused-ring (bicyclic) bond motifs is 1. The molecule has 0 radical (unpaired) electrons. The molecule has 2 N–H and O–H groups in total. The van der Waals surface area contributed by atoms with Crippen molar-refractivity contribution >= 4 is 16.9 Å². The summed E-state index contributed by atoms with van der Waals surface area (Å²) < 4.78 is 0. The summed E-state index contributed by atoms with van der Waals surface area (Å²) in [6.07, 6.45) is 9.74. The fourth-order valence-corrected chi connectivity index (χ4v) is 3.51. The van der Waals surface area contributed by atoms with Crippen molar-refractivity contribution in [3.05, 3.63) is 71.2 Å². The monoisotopic (exact) mass is 522 g/mol. The highest BCUT2D eigenvalue weighted by molar-refractivity contribution is 5.80. The van der Waals surface area contributed by atoms with Crippen LogP contribution in [0.3, 0.4) is 0 Å². The minimum absolute atomic E-state index is 0.222. The summed E-state index contributed by atoms with van der Waals surface area (Å²) in [5.74, 6) is 0.154. The Morgan fingerprint density at radius 3 is 2.05 bits per heavy atom. The Balaban J connectivity index is 0.000000392.